The molecule has 1 saturated heterocycles. The summed E-state index contributed by atoms with van der Waals surface area (Å²) in [6, 6.07) is 15.4. The van der Waals surface area contributed by atoms with E-state index in [0.717, 1.165) is 18.5 Å². The van der Waals surface area contributed by atoms with Crippen molar-refractivity contribution in [2.75, 3.05) is 11.4 Å². The molecular formula is C27H34N4O2. The van der Waals surface area contributed by atoms with E-state index in [-0.39, 0.29) is 17.3 Å². The fourth-order valence-corrected chi connectivity index (χ4v) is 4.92. The van der Waals surface area contributed by atoms with Crippen molar-refractivity contribution in [3.05, 3.63) is 71.8 Å². The molecule has 0 spiro atoms. The second-order valence-electron chi connectivity index (χ2n) is 9.46. The number of nitrogen functional groups attached to an aromatic ring is 1. The van der Waals surface area contributed by atoms with E-state index in [1.165, 1.54) is 19.3 Å². The lowest BCUT2D eigenvalue weighted by Gasteiger charge is -2.38. The van der Waals surface area contributed by atoms with Gasteiger partial charge in [-0.25, -0.2) is 0 Å². The molecule has 2 aromatic rings. The summed E-state index contributed by atoms with van der Waals surface area (Å²) in [5, 5.41) is 11.5. The number of amidine groups is 1. The summed E-state index contributed by atoms with van der Waals surface area (Å²) in [4.78, 5) is 15.2. The molecule has 3 atom stereocenters. The van der Waals surface area contributed by atoms with Crippen LogP contribution in [0.1, 0.15) is 63.2 Å². The number of nitrogens with one attached hydrogen (secondary N) is 2. The van der Waals surface area contributed by atoms with E-state index in [1.807, 2.05) is 30.3 Å². The number of hydrogen-bond acceptors (Lipinski definition) is 4. The van der Waals surface area contributed by atoms with Crippen molar-refractivity contribution in [3.63, 3.8) is 0 Å². The first-order valence-electron chi connectivity index (χ1n) is 11.8. The molecule has 0 saturated carbocycles. The number of nitrogens with two attached hydrogens (primary N) is 1. The van der Waals surface area contributed by atoms with E-state index in [4.69, 9.17) is 15.9 Å². The van der Waals surface area contributed by atoms with Gasteiger partial charge in [0.15, 0.2) is 0 Å². The number of para-hydroxylation sites is 2. The van der Waals surface area contributed by atoms with Crippen LogP contribution in [0.2, 0.25) is 0 Å². The van der Waals surface area contributed by atoms with Crippen molar-refractivity contribution in [2.24, 2.45) is 5.73 Å². The SMILES string of the molecule is C[C@H]1CCC[C@](C)(CCC=CCN2C(=O)C(c3cccc(C(=N)N)c3)Oc3ccccc32)N1. The first-order chi connectivity index (χ1) is 15.9. The Hall–Kier alpha value is -3.12. The molecule has 4 rings (SSSR count). The van der Waals surface area contributed by atoms with Crippen LogP contribution in [0.3, 0.4) is 0 Å². The molecule has 1 amide bonds. The molecule has 2 aromatic carbocycles. The number of ether oxygens (including phenoxy) is 1. The van der Waals surface area contributed by atoms with Crippen molar-refractivity contribution < 1.29 is 9.53 Å². The third-order valence-electron chi connectivity index (χ3n) is 6.67. The minimum absolute atomic E-state index is 0.0316. The fourth-order valence-electron chi connectivity index (χ4n) is 4.92. The summed E-state index contributed by atoms with van der Waals surface area (Å²) in [7, 11) is 0. The average Bonchev–Trinajstić information content (AvgIpc) is 2.79. The summed E-state index contributed by atoms with van der Waals surface area (Å²) in [6.07, 6.45) is 9.30. The van der Waals surface area contributed by atoms with E-state index < -0.39 is 6.10 Å². The highest BCUT2D eigenvalue weighted by molar-refractivity contribution is 6.01. The summed E-state index contributed by atoms with van der Waals surface area (Å²) in [5.41, 5.74) is 7.89. The predicted molar refractivity (Wildman–Crippen MR) is 133 cm³/mol. The molecule has 0 aliphatic carbocycles. The highest BCUT2D eigenvalue weighted by Crippen LogP contribution is 2.38. The molecule has 1 unspecified atom stereocenters. The van der Waals surface area contributed by atoms with Crippen molar-refractivity contribution >= 4 is 17.4 Å². The van der Waals surface area contributed by atoms with Crippen LogP contribution in [0, 0.1) is 5.41 Å². The van der Waals surface area contributed by atoms with Gasteiger partial charge in [-0.15, -0.1) is 0 Å². The van der Waals surface area contributed by atoms with Gasteiger partial charge in [-0.05, 0) is 57.7 Å². The van der Waals surface area contributed by atoms with Crippen molar-refractivity contribution in [2.45, 2.75) is 63.6 Å². The van der Waals surface area contributed by atoms with Gasteiger partial charge in [0.25, 0.3) is 5.91 Å². The van der Waals surface area contributed by atoms with Gasteiger partial charge in [0.05, 0.1) is 5.69 Å². The number of carbonyl (C=O) groups is 1. The zero-order valence-electron chi connectivity index (χ0n) is 19.5. The van der Waals surface area contributed by atoms with Gasteiger partial charge in [-0.2, -0.15) is 0 Å². The minimum atomic E-state index is -0.764. The highest BCUT2D eigenvalue weighted by Gasteiger charge is 2.35. The molecule has 4 N–H and O–H groups in total. The smallest absolute Gasteiger partial charge is 0.273 e. The average molecular weight is 447 g/mol. The third kappa shape index (κ3) is 5.28. The summed E-state index contributed by atoms with van der Waals surface area (Å²) < 4.78 is 6.09. The number of piperidine rings is 1. The maximum atomic E-state index is 13.4. The van der Waals surface area contributed by atoms with Crippen LogP contribution in [-0.4, -0.2) is 29.9 Å². The normalized spacial score (nSPS) is 25.0. The van der Waals surface area contributed by atoms with Crippen LogP contribution >= 0.6 is 0 Å². The van der Waals surface area contributed by atoms with Crippen LogP contribution < -0.4 is 20.7 Å². The lowest BCUT2D eigenvalue weighted by Crippen LogP contribution is -2.50. The Kier molecular flexibility index (Phi) is 6.84. The van der Waals surface area contributed by atoms with Crippen LogP contribution in [0.5, 0.6) is 5.75 Å². The number of allylic oxidation sites excluding steroid dienone is 1. The topological polar surface area (TPSA) is 91.4 Å². The summed E-state index contributed by atoms with van der Waals surface area (Å²) in [5.74, 6) is 0.529. The number of amides is 1. The van der Waals surface area contributed by atoms with Crippen LogP contribution in [-0.2, 0) is 4.79 Å². The Balaban J connectivity index is 1.47. The van der Waals surface area contributed by atoms with Crippen LogP contribution in [0.15, 0.2) is 60.7 Å². The highest BCUT2D eigenvalue weighted by atomic mass is 16.5. The predicted octanol–water partition coefficient (Wildman–Crippen LogP) is 4.69. The minimum Gasteiger partial charge on any atom is -0.474 e. The Labute approximate surface area is 196 Å². The quantitative estimate of drug-likeness (QED) is 0.327. The molecule has 2 aliphatic rings. The molecule has 0 radical (unpaired) electrons. The van der Waals surface area contributed by atoms with Gasteiger partial charge in [0.2, 0.25) is 6.10 Å². The maximum absolute atomic E-state index is 13.4. The van der Waals surface area contributed by atoms with Gasteiger partial charge in [0.1, 0.15) is 11.6 Å². The standard InChI is InChI=1S/C27H34N4O2/c1-19-10-9-16-27(2,30-19)15-6-3-7-17-31-22-13-4-5-14-23(22)33-24(26(31)32)20-11-8-12-21(18-20)25(28)29/h3-5,7-8,11-14,18-19,24,30H,6,9-10,15-17H2,1-2H3,(H3,28,29)/t19-,24?,27-/m0/s1. The summed E-state index contributed by atoms with van der Waals surface area (Å²) in [6.45, 7) is 5.07. The number of carbonyl (C=O) groups excluding carboxylic acids is 1. The molecule has 6 nitrogen and oxygen atoms in total. The molecular weight excluding hydrogens is 412 g/mol. The van der Waals surface area contributed by atoms with E-state index in [9.17, 15) is 4.79 Å². The molecule has 2 heterocycles. The Morgan fingerprint density at radius 3 is 2.88 bits per heavy atom. The zero-order valence-corrected chi connectivity index (χ0v) is 19.5. The molecule has 1 fully saturated rings. The second-order valence-corrected chi connectivity index (χ2v) is 9.46. The van der Waals surface area contributed by atoms with Crippen LogP contribution in [0.25, 0.3) is 0 Å². The third-order valence-corrected chi connectivity index (χ3v) is 6.67. The lowest BCUT2D eigenvalue weighted by molar-refractivity contribution is -0.126. The molecule has 2 aliphatic heterocycles. The van der Waals surface area contributed by atoms with E-state index in [0.29, 0.717) is 29.5 Å². The number of hydrogen-bond donors (Lipinski definition) is 3. The molecule has 0 aromatic heterocycles. The molecule has 174 valence electrons. The molecule has 0 bridgehead atoms. The van der Waals surface area contributed by atoms with Gasteiger partial charge in [-0.3, -0.25) is 10.2 Å². The van der Waals surface area contributed by atoms with Gasteiger partial charge < -0.3 is 20.7 Å². The van der Waals surface area contributed by atoms with Crippen molar-refractivity contribution in [3.8, 4) is 5.75 Å². The van der Waals surface area contributed by atoms with Gasteiger partial charge in [0, 0.05) is 29.3 Å². The van der Waals surface area contributed by atoms with Crippen LogP contribution in [0.4, 0.5) is 5.69 Å². The number of fused-ring (bicyclic) bond motifs is 1. The monoisotopic (exact) mass is 446 g/mol. The van der Waals surface area contributed by atoms with E-state index in [2.05, 4.69) is 31.3 Å². The van der Waals surface area contributed by atoms with E-state index in [1.54, 1.807) is 23.1 Å². The maximum Gasteiger partial charge on any atom is 0.273 e. The Bertz CT molecular complexity index is 1050. The first-order valence-corrected chi connectivity index (χ1v) is 11.8. The first kappa shape index (κ1) is 23.1. The fraction of sp³-hybridized carbons (Fsp3) is 0.407. The number of benzene rings is 2. The summed E-state index contributed by atoms with van der Waals surface area (Å²) >= 11 is 0. The zero-order chi connectivity index (χ0) is 23.4. The number of nitrogens with zero attached hydrogens (tertiary/aromatic N) is 1. The van der Waals surface area contributed by atoms with Gasteiger partial charge >= 0.3 is 0 Å². The van der Waals surface area contributed by atoms with Crippen molar-refractivity contribution in [1.82, 2.24) is 5.32 Å². The number of rotatable bonds is 7. The number of anilines is 1. The molecule has 6 heteroatoms. The van der Waals surface area contributed by atoms with Crippen molar-refractivity contribution in [1.29, 1.82) is 5.41 Å². The molecule has 33 heavy (non-hydrogen) atoms. The van der Waals surface area contributed by atoms with E-state index >= 15 is 0 Å². The lowest BCUT2D eigenvalue weighted by atomic mass is 9.84. The largest absolute Gasteiger partial charge is 0.474 e. The van der Waals surface area contributed by atoms with Gasteiger partial charge in [-0.1, -0.05) is 48.9 Å². The second kappa shape index (κ2) is 9.79. The Morgan fingerprint density at radius 2 is 2.09 bits per heavy atom. The Morgan fingerprint density at radius 1 is 1.27 bits per heavy atom.